The SMILES string of the molecule is CCCCCCCCCCCCCCCCCCCCCC(=O)O[C@@H](COC(=O)CCCCCCCCCCCCCCCCCCC)COC(=O)CCCCCCCCCCCCC(C)C. The van der Waals surface area contributed by atoms with E-state index in [0.29, 0.717) is 19.3 Å². The van der Waals surface area contributed by atoms with Crippen molar-refractivity contribution in [3.05, 3.63) is 0 Å². The fraction of sp³-hybridized carbons (Fsp3) is 0.951. The third kappa shape index (κ3) is 55.2. The molecular formula is C61H118O6. The van der Waals surface area contributed by atoms with E-state index in [9.17, 15) is 14.4 Å². The Balaban J connectivity index is 4.27. The first-order valence-electron chi connectivity index (χ1n) is 30.4. The fourth-order valence-electron chi connectivity index (χ4n) is 9.46. The molecule has 0 unspecified atom stereocenters. The summed E-state index contributed by atoms with van der Waals surface area (Å²) in [4.78, 5) is 38.2. The summed E-state index contributed by atoms with van der Waals surface area (Å²) in [6.07, 6.45) is 61.0. The van der Waals surface area contributed by atoms with Gasteiger partial charge in [0, 0.05) is 19.3 Å². The smallest absolute Gasteiger partial charge is 0.306 e. The van der Waals surface area contributed by atoms with Gasteiger partial charge in [-0.15, -0.1) is 0 Å². The van der Waals surface area contributed by atoms with Crippen molar-refractivity contribution in [2.45, 2.75) is 355 Å². The minimum absolute atomic E-state index is 0.0618. The molecule has 0 N–H and O–H groups in total. The first-order chi connectivity index (χ1) is 32.9. The van der Waals surface area contributed by atoms with Gasteiger partial charge in [-0.05, 0) is 25.2 Å². The van der Waals surface area contributed by atoms with Crippen molar-refractivity contribution in [2.24, 2.45) is 5.92 Å². The van der Waals surface area contributed by atoms with Gasteiger partial charge in [0.1, 0.15) is 13.2 Å². The summed E-state index contributed by atoms with van der Waals surface area (Å²) >= 11 is 0. The van der Waals surface area contributed by atoms with Gasteiger partial charge < -0.3 is 14.2 Å². The molecule has 0 spiro atoms. The molecule has 0 aromatic carbocycles. The molecule has 0 aliphatic rings. The quantitative estimate of drug-likeness (QED) is 0.0343. The standard InChI is InChI=1S/C61H118O6/c1-5-7-9-11-13-15-17-19-21-23-24-26-28-30-32-38-42-46-50-54-61(64)67-58(56-66-60(63)53-49-45-41-37-34-33-35-39-43-47-51-57(3)4)55-65-59(62)52-48-44-40-36-31-29-27-25-22-20-18-16-14-12-10-8-6-2/h57-58H,5-56H2,1-4H3/t58-/m0/s1. The van der Waals surface area contributed by atoms with E-state index in [-0.39, 0.29) is 31.1 Å². The molecular weight excluding hydrogens is 829 g/mol. The maximum absolute atomic E-state index is 12.9. The van der Waals surface area contributed by atoms with Crippen LogP contribution in [0.15, 0.2) is 0 Å². The highest BCUT2D eigenvalue weighted by atomic mass is 16.6. The highest BCUT2D eigenvalue weighted by molar-refractivity contribution is 5.71. The van der Waals surface area contributed by atoms with Crippen LogP contribution in [0.3, 0.4) is 0 Å². The Morgan fingerprint density at radius 1 is 0.284 bits per heavy atom. The molecule has 6 nitrogen and oxygen atoms in total. The third-order valence-electron chi connectivity index (χ3n) is 14.0. The maximum atomic E-state index is 12.9. The highest BCUT2D eigenvalue weighted by Crippen LogP contribution is 2.18. The predicted molar refractivity (Wildman–Crippen MR) is 289 cm³/mol. The Morgan fingerprint density at radius 2 is 0.493 bits per heavy atom. The van der Waals surface area contributed by atoms with E-state index in [2.05, 4.69) is 27.7 Å². The van der Waals surface area contributed by atoms with Gasteiger partial charge in [-0.25, -0.2) is 0 Å². The third-order valence-corrected chi connectivity index (χ3v) is 14.0. The van der Waals surface area contributed by atoms with Gasteiger partial charge in [-0.1, -0.05) is 310 Å². The van der Waals surface area contributed by atoms with Gasteiger partial charge in [0.15, 0.2) is 6.10 Å². The van der Waals surface area contributed by atoms with Crippen LogP contribution in [0.2, 0.25) is 0 Å². The normalized spacial score (nSPS) is 12.0. The zero-order chi connectivity index (χ0) is 48.8. The minimum Gasteiger partial charge on any atom is -0.462 e. The van der Waals surface area contributed by atoms with Gasteiger partial charge in [0.2, 0.25) is 0 Å². The minimum atomic E-state index is -0.762. The molecule has 0 saturated carbocycles. The summed E-state index contributed by atoms with van der Waals surface area (Å²) in [5, 5.41) is 0. The first-order valence-corrected chi connectivity index (χ1v) is 30.4. The summed E-state index contributed by atoms with van der Waals surface area (Å²) in [6.45, 7) is 9.06. The molecule has 0 bridgehead atoms. The van der Waals surface area contributed by atoms with Crippen LogP contribution >= 0.6 is 0 Å². The largest absolute Gasteiger partial charge is 0.462 e. The van der Waals surface area contributed by atoms with Crippen molar-refractivity contribution >= 4 is 17.9 Å². The van der Waals surface area contributed by atoms with Crippen molar-refractivity contribution in [2.75, 3.05) is 13.2 Å². The summed E-state index contributed by atoms with van der Waals surface area (Å²) < 4.78 is 16.9. The fourth-order valence-corrected chi connectivity index (χ4v) is 9.46. The van der Waals surface area contributed by atoms with Crippen LogP contribution in [-0.4, -0.2) is 37.2 Å². The number of hydrogen-bond donors (Lipinski definition) is 0. The Hall–Kier alpha value is -1.59. The molecule has 0 aromatic rings. The summed E-state index contributed by atoms with van der Waals surface area (Å²) in [6, 6.07) is 0. The van der Waals surface area contributed by atoms with Gasteiger partial charge in [-0.2, -0.15) is 0 Å². The second-order valence-corrected chi connectivity index (χ2v) is 21.5. The Morgan fingerprint density at radius 3 is 0.731 bits per heavy atom. The lowest BCUT2D eigenvalue weighted by Gasteiger charge is -2.18. The summed E-state index contributed by atoms with van der Waals surface area (Å²) in [7, 11) is 0. The summed E-state index contributed by atoms with van der Waals surface area (Å²) in [5.41, 5.74) is 0. The van der Waals surface area contributed by atoms with Crippen molar-refractivity contribution in [1.82, 2.24) is 0 Å². The van der Waals surface area contributed by atoms with Crippen LogP contribution in [0.5, 0.6) is 0 Å². The van der Waals surface area contributed by atoms with Gasteiger partial charge in [-0.3, -0.25) is 14.4 Å². The van der Waals surface area contributed by atoms with Gasteiger partial charge in [0.05, 0.1) is 0 Å². The van der Waals surface area contributed by atoms with Crippen LogP contribution in [-0.2, 0) is 28.6 Å². The van der Waals surface area contributed by atoms with Crippen molar-refractivity contribution in [3.8, 4) is 0 Å². The number of esters is 3. The van der Waals surface area contributed by atoms with Crippen LogP contribution in [0.1, 0.15) is 349 Å². The van der Waals surface area contributed by atoms with Crippen LogP contribution in [0.4, 0.5) is 0 Å². The molecule has 0 fully saturated rings. The van der Waals surface area contributed by atoms with Crippen molar-refractivity contribution in [1.29, 1.82) is 0 Å². The molecule has 1 atom stereocenters. The summed E-state index contributed by atoms with van der Waals surface area (Å²) in [5.74, 6) is -0.0146. The van der Waals surface area contributed by atoms with E-state index in [1.807, 2.05) is 0 Å². The molecule has 0 aliphatic heterocycles. The molecule has 0 amide bonds. The van der Waals surface area contributed by atoms with E-state index < -0.39 is 6.10 Å². The Bertz CT molecular complexity index is 1010. The molecule has 0 aliphatic carbocycles. The molecule has 0 rings (SSSR count). The Kier molecular flexibility index (Phi) is 54.0. The lowest BCUT2D eigenvalue weighted by atomic mass is 10.0. The van der Waals surface area contributed by atoms with Gasteiger partial charge in [0.25, 0.3) is 0 Å². The van der Waals surface area contributed by atoms with E-state index in [1.165, 1.54) is 244 Å². The lowest BCUT2D eigenvalue weighted by molar-refractivity contribution is -0.167. The first kappa shape index (κ1) is 65.4. The monoisotopic (exact) mass is 947 g/mol. The topological polar surface area (TPSA) is 78.9 Å². The van der Waals surface area contributed by atoms with Crippen LogP contribution in [0.25, 0.3) is 0 Å². The number of carbonyl (C=O) groups excluding carboxylic acids is 3. The average Bonchev–Trinajstić information content (AvgIpc) is 3.31. The van der Waals surface area contributed by atoms with Gasteiger partial charge >= 0.3 is 17.9 Å². The number of rotatable bonds is 56. The molecule has 0 saturated heterocycles. The molecule has 67 heavy (non-hydrogen) atoms. The second kappa shape index (κ2) is 55.3. The van der Waals surface area contributed by atoms with E-state index in [4.69, 9.17) is 14.2 Å². The van der Waals surface area contributed by atoms with E-state index in [1.54, 1.807) is 0 Å². The Labute approximate surface area is 418 Å². The van der Waals surface area contributed by atoms with Crippen LogP contribution < -0.4 is 0 Å². The van der Waals surface area contributed by atoms with E-state index >= 15 is 0 Å². The number of hydrogen-bond acceptors (Lipinski definition) is 6. The maximum Gasteiger partial charge on any atom is 0.306 e. The van der Waals surface area contributed by atoms with E-state index in [0.717, 1.165) is 63.7 Å². The number of carbonyl (C=O) groups is 3. The molecule has 0 radical (unpaired) electrons. The molecule has 398 valence electrons. The predicted octanol–water partition coefficient (Wildman–Crippen LogP) is 20.2. The highest BCUT2D eigenvalue weighted by Gasteiger charge is 2.19. The van der Waals surface area contributed by atoms with Crippen LogP contribution in [0, 0.1) is 5.92 Å². The van der Waals surface area contributed by atoms with Crippen molar-refractivity contribution in [3.63, 3.8) is 0 Å². The number of ether oxygens (including phenoxy) is 3. The molecule has 6 heteroatoms. The average molecular weight is 948 g/mol. The molecule has 0 aromatic heterocycles. The second-order valence-electron chi connectivity index (χ2n) is 21.5. The lowest BCUT2D eigenvalue weighted by Crippen LogP contribution is -2.30. The molecule has 0 heterocycles. The van der Waals surface area contributed by atoms with Crippen molar-refractivity contribution < 1.29 is 28.6 Å². The zero-order valence-electron chi connectivity index (χ0n) is 45.9. The number of unbranched alkanes of at least 4 members (excludes halogenated alkanes) is 43. The zero-order valence-corrected chi connectivity index (χ0v) is 45.9.